The molecule has 25 heavy (non-hydrogen) atoms. The van der Waals surface area contributed by atoms with Crippen LogP contribution in [0.5, 0.6) is 0 Å². The normalized spacial score (nSPS) is 24.0. The molecule has 2 N–H and O–H groups in total. The predicted octanol–water partition coefficient (Wildman–Crippen LogP) is 4.27. The van der Waals surface area contributed by atoms with E-state index in [0.717, 1.165) is 19.3 Å². The lowest BCUT2D eigenvalue weighted by atomic mass is 10.0. The Balaban J connectivity index is 1.58. The van der Waals surface area contributed by atoms with Gasteiger partial charge in [-0.1, -0.05) is 18.2 Å². The molecule has 4 nitrogen and oxygen atoms in total. The highest BCUT2D eigenvalue weighted by Gasteiger charge is 2.31. The fourth-order valence-electron chi connectivity index (χ4n) is 4.07. The SMILES string of the molecule is CC(NC1CCCC1NC(=O)OC(C)(C)C)c1ccc2c(c1)CCC2. The Morgan fingerprint density at radius 1 is 1.12 bits per heavy atom. The Morgan fingerprint density at radius 2 is 1.84 bits per heavy atom. The number of carbonyl (C=O) groups is 1. The molecule has 2 aliphatic carbocycles. The highest BCUT2D eigenvalue weighted by molar-refractivity contribution is 5.68. The van der Waals surface area contributed by atoms with Crippen LogP contribution in [0.1, 0.15) is 76.1 Å². The topological polar surface area (TPSA) is 50.4 Å². The maximum atomic E-state index is 12.1. The van der Waals surface area contributed by atoms with Crippen LogP contribution in [-0.2, 0) is 17.6 Å². The van der Waals surface area contributed by atoms with Gasteiger partial charge < -0.3 is 15.4 Å². The lowest BCUT2D eigenvalue weighted by molar-refractivity contribution is 0.0497. The van der Waals surface area contributed by atoms with Gasteiger partial charge in [-0.25, -0.2) is 4.79 Å². The molecule has 1 saturated carbocycles. The van der Waals surface area contributed by atoms with Gasteiger partial charge in [-0.05, 0) is 82.9 Å². The van der Waals surface area contributed by atoms with E-state index in [0.29, 0.717) is 6.04 Å². The summed E-state index contributed by atoms with van der Waals surface area (Å²) in [5.41, 5.74) is 3.93. The lowest BCUT2D eigenvalue weighted by Gasteiger charge is -2.28. The number of alkyl carbamates (subject to hydrolysis) is 1. The summed E-state index contributed by atoms with van der Waals surface area (Å²) in [6.45, 7) is 7.91. The first-order valence-corrected chi connectivity index (χ1v) is 9.69. The van der Waals surface area contributed by atoms with E-state index in [4.69, 9.17) is 4.74 Å². The molecule has 0 saturated heterocycles. The number of ether oxygens (including phenoxy) is 1. The fraction of sp³-hybridized carbons (Fsp3) is 0.667. The number of amides is 1. The molecule has 3 unspecified atom stereocenters. The molecule has 138 valence electrons. The summed E-state index contributed by atoms with van der Waals surface area (Å²) in [4.78, 5) is 12.1. The van der Waals surface area contributed by atoms with Gasteiger partial charge in [0.25, 0.3) is 0 Å². The Bertz CT molecular complexity index is 621. The largest absolute Gasteiger partial charge is 0.444 e. The van der Waals surface area contributed by atoms with Crippen molar-refractivity contribution in [3.63, 3.8) is 0 Å². The van der Waals surface area contributed by atoms with Crippen LogP contribution in [0.3, 0.4) is 0 Å². The third-order valence-electron chi connectivity index (χ3n) is 5.30. The second-order valence-corrected chi connectivity index (χ2v) is 8.56. The van der Waals surface area contributed by atoms with E-state index in [1.54, 1.807) is 0 Å². The van der Waals surface area contributed by atoms with Crippen molar-refractivity contribution in [2.45, 2.75) is 89.9 Å². The van der Waals surface area contributed by atoms with Crippen LogP contribution in [0.15, 0.2) is 18.2 Å². The van der Waals surface area contributed by atoms with Crippen LogP contribution in [0.2, 0.25) is 0 Å². The summed E-state index contributed by atoms with van der Waals surface area (Å²) in [5, 5.41) is 6.79. The highest BCUT2D eigenvalue weighted by atomic mass is 16.6. The van der Waals surface area contributed by atoms with Crippen LogP contribution in [0, 0.1) is 0 Å². The molecule has 0 radical (unpaired) electrons. The zero-order valence-corrected chi connectivity index (χ0v) is 16.0. The van der Waals surface area contributed by atoms with Gasteiger partial charge in [0, 0.05) is 18.1 Å². The average Bonchev–Trinajstić information content (AvgIpc) is 3.14. The number of rotatable bonds is 4. The minimum Gasteiger partial charge on any atom is -0.444 e. The molecule has 0 aliphatic heterocycles. The summed E-state index contributed by atoms with van der Waals surface area (Å²) in [6.07, 6.45) is 6.64. The van der Waals surface area contributed by atoms with Gasteiger partial charge in [0.05, 0.1) is 0 Å². The molecular formula is C21H32N2O2. The van der Waals surface area contributed by atoms with Gasteiger partial charge in [-0.3, -0.25) is 0 Å². The zero-order chi connectivity index (χ0) is 18.0. The number of hydrogen-bond donors (Lipinski definition) is 2. The first-order valence-electron chi connectivity index (χ1n) is 9.69. The van der Waals surface area contributed by atoms with Gasteiger partial charge in [0.15, 0.2) is 0 Å². The Hall–Kier alpha value is -1.55. The standard InChI is InChI=1S/C21H32N2O2/c1-14(16-12-11-15-7-5-8-17(15)13-16)22-18-9-6-10-19(18)23-20(24)25-21(2,3)4/h11-14,18-19,22H,5-10H2,1-4H3,(H,23,24). The highest BCUT2D eigenvalue weighted by Crippen LogP contribution is 2.27. The molecule has 2 aliphatic rings. The van der Waals surface area contributed by atoms with Crippen molar-refractivity contribution in [2.75, 3.05) is 0 Å². The molecule has 3 rings (SSSR count). The first kappa shape index (κ1) is 18.2. The predicted molar refractivity (Wildman–Crippen MR) is 101 cm³/mol. The minimum absolute atomic E-state index is 0.145. The number of benzene rings is 1. The second-order valence-electron chi connectivity index (χ2n) is 8.56. The minimum atomic E-state index is -0.455. The van der Waals surface area contributed by atoms with Gasteiger partial charge in [-0.2, -0.15) is 0 Å². The number of fused-ring (bicyclic) bond motifs is 1. The van der Waals surface area contributed by atoms with E-state index in [9.17, 15) is 4.79 Å². The van der Waals surface area contributed by atoms with Crippen molar-refractivity contribution in [1.29, 1.82) is 0 Å². The molecule has 1 aromatic rings. The van der Waals surface area contributed by atoms with Crippen molar-refractivity contribution in [3.8, 4) is 0 Å². The van der Waals surface area contributed by atoms with E-state index in [1.807, 2.05) is 20.8 Å². The van der Waals surface area contributed by atoms with Crippen LogP contribution in [-0.4, -0.2) is 23.8 Å². The monoisotopic (exact) mass is 344 g/mol. The zero-order valence-electron chi connectivity index (χ0n) is 16.0. The van der Waals surface area contributed by atoms with E-state index < -0.39 is 5.60 Å². The van der Waals surface area contributed by atoms with Gasteiger partial charge >= 0.3 is 6.09 Å². The molecule has 3 atom stereocenters. The Morgan fingerprint density at radius 3 is 2.60 bits per heavy atom. The molecule has 1 fully saturated rings. The number of nitrogens with one attached hydrogen (secondary N) is 2. The third kappa shape index (κ3) is 4.75. The van der Waals surface area contributed by atoms with Crippen molar-refractivity contribution in [1.82, 2.24) is 10.6 Å². The summed E-state index contributed by atoms with van der Waals surface area (Å²) < 4.78 is 5.41. The molecule has 4 heteroatoms. The van der Waals surface area contributed by atoms with Crippen LogP contribution in [0.25, 0.3) is 0 Å². The summed E-state index contributed by atoms with van der Waals surface area (Å²) in [5.74, 6) is 0. The van der Waals surface area contributed by atoms with E-state index in [2.05, 4.69) is 35.8 Å². The third-order valence-corrected chi connectivity index (χ3v) is 5.30. The van der Waals surface area contributed by atoms with Crippen LogP contribution >= 0.6 is 0 Å². The van der Waals surface area contributed by atoms with Crippen molar-refractivity contribution in [2.24, 2.45) is 0 Å². The average molecular weight is 344 g/mol. The molecule has 1 amide bonds. The number of hydrogen-bond acceptors (Lipinski definition) is 3. The van der Waals surface area contributed by atoms with Crippen LogP contribution < -0.4 is 10.6 Å². The number of aryl methyl sites for hydroxylation is 2. The van der Waals surface area contributed by atoms with Gasteiger partial charge in [0.2, 0.25) is 0 Å². The number of carbonyl (C=O) groups excluding carboxylic acids is 1. The fourth-order valence-corrected chi connectivity index (χ4v) is 4.07. The van der Waals surface area contributed by atoms with Gasteiger partial charge in [-0.15, -0.1) is 0 Å². The van der Waals surface area contributed by atoms with Crippen molar-refractivity contribution in [3.05, 3.63) is 34.9 Å². The first-order chi connectivity index (χ1) is 11.8. The van der Waals surface area contributed by atoms with Crippen molar-refractivity contribution >= 4 is 6.09 Å². The summed E-state index contributed by atoms with van der Waals surface area (Å²) >= 11 is 0. The Kier molecular flexibility index (Phi) is 5.38. The lowest BCUT2D eigenvalue weighted by Crippen LogP contribution is -2.48. The molecule has 1 aromatic carbocycles. The van der Waals surface area contributed by atoms with Crippen LogP contribution in [0.4, 0.5) is 4.79 Å². The maximum Gasteiger partial charge on any atom is 0.407 e. The molecule has 0 heterocycles. The van der Waals surface area contributed by atoms with Gasteiger partial charge in [0.1, 0.15) is 5.60 Å². The summed E-state index contributed by atoms with van der Waals surface area (Å²) in [7, 11) is 0. The molecule has 0 bridgehead atoms. The molecule has 0 spiro atoms. The molecule has 0 aromatic heterocycles. The quantitative estimate of drug-likeness (QED) is 0.857. The van der Waals surface area contributed by atoms with E-state index >= 15 is 0 Å². The Labute approximate surface area is 151 Å². The van der Waals surface area contributed by atoms with E-state index in [1.165, 1.54) is 36.0 Å². The maximum absolute atomic E-state index is 12.1. The summed E-state index contributed by atoms with van der Waals surface area (Å²) in [6, 6.07) is 7.65. The van der Waals surface area contributed by atoms with Crippen molar-refractivity contribution < 1.29 is 9.53 Å². The smallest absolute Gasteiger partial charge is 0.407 e. The van der Waals surface area contributed by atoms with E-state index in [-0.39, 0.29) is 18.2 Å². The second kappa shape index (κ2) is 7.36. The molecular weight excluding hydrogens is 312 g/mol.